The van der Waals surface area contributed by atoms with Crippen molar-refractivity contribution in [3.8, 4) is 16.9 Å². The molecular formula is C24H26ClNO2. The van der Waals surface area contributed by atoms with Crippen LogP contribution in [0.3, 0.4) is 0 Å². The van der Waals surface area contributed by atoms with Crippen LogP contribution in [0.25, 0.3) is 11.1 Å². The third-order valence-electron chi connectivity index (χ3n) is 4.84. The van der Waals surface area contributed by atoms with Crippen LogP contribution in [-0.4, -0.2) is 17.8 Å². The number of rotatable bonds is 8. The Bertz CT molecular complexity index is 912. The van der Waals surface area contributed by atoms with Gasteiger partial charge < -0.3 is 15.2 Å². The van der Waals surface area contributed by atoms with Crippen LogP contribution in [0.2, 0.25) is 5.02 Å². The lowest BCUT2D eigenvalue weighted by molar-refractivity contribution is 0.251. The summed E-state index contributed by atoms with van der Waals surface area (Å²) >= 11 is 6.41. The predicted molar refractivity (Wildman–Crippen MR) is 116 cm³/mol. The second-order valence-corrected chi connectivity index (χ2v) is 7.38. The number of hydrogen-bond acceptors (Lipinski definition) is 3. The van der Waals surface area contributed by atoms with E-state index in [0.29, 0.717) is 23.9 Å². The molecule has 28 heavy (non-hydrogen) atoms. The van der Waals surface area contributed by atoms with E-state index >= 15 is 0 Å². The van der Waals surface area contributed by atoms with E-state index in [2.05, 4.69) is 54.7 Å². The second kappa shape index (κ2) is 9.74. The first-order valence-corrected chi connectivity index (χ1v) is 9.85. The molecular weight excluding hydrogens is 370 g/mol. The van der Waals surface area contributed by atoms with Gasteiger partial charge in [-0.15, -0.1) is 0 Å². The lowest BCUT2D eigenvalue weighted by Gasteiger charge is -2.15. The van der Waals surface area contributed by atoms with Gasteiger partial charge in [-0.2, -0.15) is 0 Å². The molecule has 2 N–H and O–H groups in total. The average Bonchev–Trinajstić information content (AvgIpc) is 2.72. The van der Waals surface area contributed by atoms with Crippen molar-refractivity contribution in [2.45, 2.75) is 33.0 Å². The van der Waals surface area contributed by atoms with E-state index in [0.717, 1.165) is 11.1 Å². The Morgan fingerprint density at radius 3 is 2.54 bits per heavy atom. The van der Waals surface area contributed by atoms with Gasteiger partial charge in [-0.3, -0.25) is 0 Å². The fourth-order valence-electron chi connectivity index (χ4n) is 3.05. The van der Waals surface area contributed by atoms with Gasteiger partial charge in [0.2, 0.25) is 0 Å². The van der Waals surface area contributed by atoms with Crippen LogP contribution in [0.15, 0.2) is 66.7 Å². The number of hydrogen-bond donors (Lipinski definition) is 2. The number of ether oxygens (including phenoxy) is 1. The molecule has 0 bridgehead atoms. The molecule has 0 aromatic heterocycles. The molecule has 3 aromatic rings. The summed E-state index contributed by atoms with van der Waals surface area (Å²) in [6.45, 7) is 5.28. The molecule has 3 aromatic carbocycles. The van der Waals surface area contributed by atoms with Crippen molar-refractivity contribution >= 4 is 11.6 Å². The van der Waals surface area contributed by atoms with E-state index in [9.17, 15) is 0 Å². The highest BCUT2D eigenvalue weighted by molar-refractivity contribution is 6.32. The van der Waals surface area contributed by atoms with Crippen molar-refractivity contribution < 1.29 is 9.84 Å². The van der Waals surface area contributed by atoms with Crippen molar-refractivity contribution in [2.75, 3.05) is 6.61 Å². The standard InChI is InChI=1S/C24H26ClNO2/c1-17(15-27)26-14-19-11-12-24(23(25)13-19)28-16-21-9-6-10-22(18(21)2)20-7-4-3-5-8-20/h3-13,17,26-27H,14-16H2,1-2H3/t17-/m1/s1. The Morgan fingerprint density at radius 2 is 1.82 bits per heavy atom. The topological polar surface area (TPSA) is 41.5 Å². The highest BCUT2D eigenvalue weighted by Gasteiger charge is 2.09. The van der Waals surface area contributed by atoms with Crippen LogP contribution in [-0.2, 0) is 13.2 Å². The smallest absolute Gasteiger partial charge is 0.138 e. The minimum absolute atomic E-state index is 0.0505. The van der Waals surface area contributed by atoms with Gasteiger partial charge >= 0.3 is 0 Å². The normalized spacial score (nSPS) is 12.0. The maximum atomic E-state index is 9.10. The number of aliphatic hydroxyl groups is 1. The van der Waals surface area contributed by atoms with Gasteiger partial charge in [0.05, 0.1) is 11.6 Å². The van der Waals surface area contributed by atoms with Crippen LogP contribution in [0.4, 0.5) is 0 Å². The second-order valence-electron chi connectivity index (χ2n) is 6.97. The van der Waals surface area contributed by atoms with Gasteiger partial charge in [-0.05, 0) is 53.8 Å². The van der Waals surface area contributed by atoms with Gasteiger partial charge in [0.1, 0.15) is 12.4 Å². The molecule has 0 saturated carbocycles. The molecule has 1 atom stereocenters. The maximum absolute atomic E-state index is 9.10. The molecule has 3 nitrogen and oxygen atoms in total. The van der Waals surface area contributed by atoms with Gasteiger partial charge in [-0.25, -0.2) is 0 Å². The molecule has 4 heteroatoms. The summed E-state index contributed by atoms with van der Waals surface area (Å²) < 4.78 is 6.00. The van der Waals surface area contributed by atoms with E-state index in [-0.39, 0.29) is 12.6 Å². The summed E-state index contributed by atoms with van der Waals surface area (Å²) in [7, 11) is 0. The molecule has 0 unspecified atom stereocenters. The number of benzene rings is 3. The average molecular weight is 396 g/mol. The summed E-state index contributed by atoms with van der Waals surface area (Å²) in [5.41, 5.74) is 5.82. The Hall–Kier alpha value is -2.33. The zero-order chi connectivity index (χ0) is 19.9. The third-order valence-corrected chi connectivity index (χ3v) is 5.13. The van der Waals surface area contributed by atoms with E-state index in [1.165, 1.54) is 16.7 Å². The Kier molecular flexibility index (Phi) is 7.10. The molecule has 0 saturated heterocycles. The van der Waals surface area contributed by atoms with Gasteiger partial charge in [0.25, 0.3) is 0 Å². The number of nitrogens with one attached hydrogen (secondary N) is 1. The molecule has 0 radical (unpaired) electrons. The molecule has 0 aliphatic rings. The third kappa shape index (κ3) is 5.14. The van der Waals surface area contributed by atoms with Crippen LogP contribution in [0.5, 0.6) is 5.75 Å². The molecule has 0 aliphatic carbocycles. The van der Waals surface area contributed by atoms with Gasteiger partial charge in [-0.1, -0.05) is 66.2 Å². The summed E-state index contributed by atoms with van der Waals surface area (Å²) in [6.07, 6.45) is 0. The highest BCUT2D eigenvalue weighted by atomic mass is 35.5. The van der Waals surface area contributed by atoms with Crippen molar-refractivity contribution in [1.82, 2.24) is 5.32 Å². The quantitative estimate of drug-likeness (QED) is 0.539. The first-order chi connectivity index (χ1) is 13.6. The lowest BCUT2D eigenvalue weighted by atomic mass is 9.97. The van der Waals surface area contributed by atoms with Crippen molar-refractivity contribution in [1.29, 1.82) is 0 Å². The van der Waals surface area contributed by atoms with Gasteiger partial charge in [0, 0.05) is 12.6 Å². The fraction of sp³-hybridized carbons (Fsp3) is 0.250. The van der Waals surface area contributed by atoms with Crippen molar-refractivity contribution in [3.63, 3.8) is 0 Å². The van der Waals surface area contributed by atoms with Crippen molar-refractivity contribution in [2.24, 2.45) is 0 Å². The van der Waals surface area contributed by atoms with E-state index < -0.39 is 0 Å². The Balaban J connectivity index is 1.69. The summed E-state index contributed by atoms with van der Waals surface area (Å²) in [4.78, 5) is 0. The molecule has 0 spiro atoms. The fourth-order valence-corrected chi connectivity index (χ4v) is 3.31. The van der Waals surface area contributed by atoms with Crippen LogP contribution < -0.4 is 10.1 Å². The summed E-state index contributed by atoms with van der Waals surface area (Å²) in [5, 5.41) is 12.9. The highest BCUT2D eigenvalue weighted by Crippen LogP contribution is 2.29. The molecule has 146 valence electrons. The monoisotopic (exact) mass is 395 g/mol. The van der Waals surface area contributed by atoms with E-state index in [4.69, 9.17) is 21.4 Å². The molecule has 3 rings (SSSR count). The van der Waals surface area contributed by atoms with Crippen LogP contribution in [0.1, 0.15) is 23.6 Å². The van der Waals surface area contributed by atoms with Gasteiger partial charge in [0.15, 0.2) is 0 Å². The largest absolute Gasteiger partial charge is 0.487 e. The number of aliphatic hydroxyl groups excluding tert-OH is 1. The Labute approximate surface area is 171 Å². The Morgan fingerprint density at radius 1 is 1.04 bits per heavy atom. The molecule has 0 fully saturated rings. The molecule has 0 heterocycles. The maximum Gasteiger partial charge on any atom is 0.138 e. The molecule has 0 aliphatic heterocycles. The van der Waals surface area contributed by atoms with Crippen molar-refractivity contribution in [3.05, 3.63) is 88.4 Å². The minimum Gasteiger partial charge on any atom is -0.487 e. The van der Waals surface area contributed by atoms with E-state index in [1.54, 1.807) is 0 Å². The van der Waals surface area contributed by atoms with E-state index in [1.807, 2.05) is 31.2 Å². The predicted octanol–water partition coefficient (Wildman–Crippen LogP) is 5.36. The SMILES string of the molecule is Cc1c(COc2ccc(CN[C@H](C)CO)cc2Cl)cccc1-c1ccccc1. The summed E-state index contributed by atoms with van der Waals surface area (Å²) in [6, 6.07) is 22.5. The zero-order valence-corrected chi connectivity index (χ0v) is 17.0. The number of halogens is 1. The summed E-state index contributed by atoms with van der Waals surface area (Å²) in [5.74, 6) is 0.671. The lowest BCUT2D eigenvalue weighted by Crippen LogP contribution is -2.28. The minimum atomic E-state index is 0.0505. The van der Waals surface area contributed by atoms with Crippen LogP contribution in [0, 0.1) is 6.92 Å². The van der Waals surface area contributed by atoms with Crippen LogP contribution >= 0.6 is 11.6 Å². The first kappa shape index (κ1) is 20.4. The zero-order valence-electron chi connectivity index (χ0n) is 16.3. The molecule has 0 amide bonds. The first-order valence-electron chi connectivity index (χ1n) is 9.48.